The largest absolute Gasteiger partial charge is 0.322 e. The number of hydrogen-bond acceptors (Lipinski definition) is 3. The van der Waals surface area contributed by atoms with Gasteiger partial charge in [0.15, 0.2) is 0 Å². The zero-order valence-corrected chi connectivity index (χ0v) is 24.6. The Morgan fingerprint density at radius 3 is 2.59 bits per heavy atom. The fourth-order valence-electron chi connectivity index (χ4n) is 5.03. The van der Waals surface area contributed by atoms with Crippen molar-refractivity contribution in [1.82, 2.24) is 4.90 Å². The molecule has 1 heterocycles. The van der Waals surface area contributed by atoms with Crippen LogP contribution in [0, 0.1) is 6.92 Å². The number of amides is 2. The second-order valence-electron chi connectivity index (χ2n) is 9.80. The molecule has 4 rings (SSSR count). The molecule has 0 fully saturated rings. The van der Waals surface area contributed by atoms with Gasteiger partial charge in [0.05, 0.1) is 10.6 Å². The molecule has 1 aliphatic rings. The number of hydrogen-bond donors (Lipinski definition) is 1. The van der Waals surface area contributed by atoms with Crippen molar-refractivity contribution in [3.8, 4) is 0 Å². The number of benzene rings is 3. The molecule has 1 atom stereocenters. The van der Waals surface area contributed by atoms with E-state index in [9.17, 15) is 9.59 Å². The summed E-state index contributed by atoms with van der Waals surface area (Å²) < 4.78 is 0. The third kappa shape index (κ3) is 7.43. The van der Waals surface area contributed by atoms with Crippen molar-refractivity contribution in [2.45, 2.75) is 38.6 Å². The molecule has 1 aliphatic heterocycles. The molecule has 0 saturated carbocycles. The van der Waals surface area contributed by atoms with Crippen molar-refractivity contribution in [3.05, 3.63) is 106 Å². The molecule has 0 bridgehead atoms. The third-order valence-electron chi connectivity index (χ3n) is 6.99. The van der Waals surface area contributed by atoms with Crippen molar-refractivity contribution >= 4 is 58.8 Å². The van der Waals surface area contributed by atoms with Crippen LogP contribution in [0.25, 0.3) is 0 Å². The fourth-order valence-corrected chi connectivity index (χ4v) is 5.44. The summed E-state index contributed by atoms with van der Waals surface area (Å²) >= 11 is 12.5. The lowest BCUT2D eigenvalue weighted by molar-refractivity contribution is 0.0971. The predicted molar refractivity (Wildman–Crippen MR) is 165 cm³/mol. The van der Waals surface area contributed by atoms with Crippen LogP contribution in [0.5, 0.6) is 0 Å². The molecule has 0 spiro atoms. The highest BCUT2D eigenvalue weighted by molar-refractivity contribution is 6.34. The number of anilines is 2. The topological polar surface area (TPSA) is 52.6 Å². The van der Waals surface area contributed by atoms with Crippen LogP contribution in [0.15, 0.2) is 73.3 Å². The number of carbonyl (C=O) groups is 2. The predicted octanol–water partition coefficient (Wildman–Crippen LogP) is 7.84. The smallest absolute Gasteiger partial charge is 0.258 e. The Hall–Kier alpha value is -2.83. The lowest BCUT2D eigenvalue weighted by Crippen LogP contribution is -2.42. The van der Waals surface area contributed by atoms with Gasteiger partial charge in [-0.1, -0.05) is 41.4 Å². The van der Waals surface area contributed by atoms with Crippen LogP contribution in [-0.4, -0.2) is 42.9 Å². The van der Waals surface area contributed by atoms with Crippen LogP contribution < -0.4 is 10.2 Å². The summed E-state index contributed by atoms with van der Waals surface area (Å²) in [5.74, 6) is -0.343. The van der Waals surface area contributed by atoms with Gasteiger partial charge >= 0.3 is 0 Å². The van der Waals surface area contributed by atoms with Crippen molar-refractivity contribution in [1.29, 1.82) is 0 Å². The summed E-state index contributed by atoms with van der Waals surface area (Å²) in [6.07, 6.45) is 5.51. The van der Waals surface area contributed by atoms with Gasteiger partial charge in [-0.25, -0.2) is 0 Å². The zero-order chi connectivity index (χ0) is 27.2. The molecule has 0 saturated heterocycles. The summed E-state index contributed by atoms with van der Waals surface area (Å²) in [5.41, 5.74) is 4.41. The second-order valence-corrected chi connectivity index (χ2v) is 10.6. The maximum absolute atomic E-state index is 14.2. The SMILES string of the molecule is C=CCN(C)CCC1CCCc2cc(Cl)ccc2N1C(=O)c1ccc(NC(=O)c2ccccc2Cl)cc1C.Cl. The van der Waals surface area contributed by atoms with E-state index < -0.39 is 0 Å². The van der Waals surface area contributed by atoms with Gasteiger partial charge in [0, 0.05) is 41.1 Å². The van der Waals surface area contributed by atoms with Gasteiger partial charge in [0.2, 0.25) is 0 Å². The quantitative estimate of drug-likeness (QED) is 0.274. The zero-order valence-electron chi connectivity index (χ0n) is 22.3. The monoisotopic (exact) mass is 585 g/mol. The average Bonchev–Trinajstić information content (AvgIpc) is 3.06. The summed E-state index contributed by atoms with van der Waals surface area (Å²) in [5, 5.41) is 3.96. The maximum Gasteiger partial charge on any atom is 0.258 e. The van der Waals surface area contributed by atoms with Gasteiger partial charge in [-0.3, -0.25) is 9.59 Å². The van der Waals surface area contributed by atoms with E-state index in [-0.39, 0.29) is 30.3 Å². The van der Waals surface area contributed by atoms with E-state index in [1.807, 2.05) is 42.2 Å². The molecule has 3 aromatic carbocycles. The van der Waals surface area contributed by atoms with E-state index in [4.69, 9.17) is 23.2 Å². The summed E-state index contributed by atoms with van der Waals surface area (Å²) in [6, 6.07) is 18.1. The summed E-state index contributed by atoms with van der Waals surface area (Å²) in [6.45, 7) is 7.39. The molecular weight excluding hydrogens is 553 g/mol. The minimum absolute atomic E-state index is 0. The van der Waals surface area contributed by atoms with E-state index in [1.165, 1.54) is 0 Å². The van der Waals surface area contributed by atoms with Crippen LogP contribution in [0.3, 0.4) is 0 Å². The number of nitrogens with zero attached hydrogens (tertiary/aromatic N) is 2. The van der Waals surface area contributed by atoms with E-state index in [0.29, 0.717) is 26.9 Å². The van der Waals surface area contributed by atoms with Crippen molar-refractivity contribution in [2.75, 3.05) is 30.4 Å². The second kappa shape index (κ2) is 14.0. The van der Waals surface area contributed by atoms with Crippen LogP contribution in [0.1, 0.15) is 51.1 Å². The number of carbonyl (C=O) groups excluding carboxylic acids is 2. The molecule has 0 aromatic heterocycles. The van der Waals surface area contributed by atoms with Crippen LogP contribution >= 0.6 is 35.6 Å². The first-order valence-electron chi connectivity index (χ1n) is 12.9. The Morgan fingerprint density at radius 2 is 1.87 bits per heavy atom. The number of nitrogens with one attached hydrogen (secondary N) is 1. The molecule has 8 heteroatoms. The van der Waals surface area contributed by atoms with Crippen LogP contribution in [0.4, 0.5) is 11.4 Å². The van der Waals surface area contributed by atoms with Crippen molar-refractivity contribution < 1.29 is 9.59 Å². The highest BCUT2D eigenvalue weighted by Crippen LogP contribution is 2.35. The van der Waals surface area contributed by atoms with E-state index in [1.54, 1.807) is 36.4 Å². The average molecular weight is 587 g/mol. The number of halogens is 3. The Bertz CT molecular complexity index is 1340. The molecule has 5 nitrogen and oxygen atoms in total. The van der Waals surface area contributed by atoms with Crippen LogP contribution in [-0.2, 0) is 6.42 Å². The molecule has 3 aromatic rings. The maximum atomic E-state index is 14.2. The standard InChI is InChI=1S/C31H33Cl2N3O2.ClH/c1-4-17-35(3)18-16-25-9-7-8-22-20-23(32)12-15-29(22)36(25)31(38)26-14-13-24(19-21(26)2)34-30(37)27-10-5-6-11-28(27)33;/h4-6,10-15,19-20,25H,1,7-9,16-18H2,2-3H3,(H,34,37);1H. The van der Waals surface area contributed by atoms with E-state index in [0.717, 1.165) is 55.6 Å². The highest BCUT2D eigenvalue weighted by Gasteiger charge is 2.31. The Morgan fingerprint density at radius 1 is 1.10 bits per heavy atom. The van der Waals surface area contributed by atoms with Gasteiger partial charge in [0.1, 0.15) is 0 Å². The van der Waals surface area contributed by atoms with Gasteiger partial charge in [-0.15, -0.1) is 19.0 Å². The number of fused-ring (bicyclic) bond motifs is 1. The molecule has 0 radical (unpaired) electrons. The molecular formula is C31H34Cl3N3O2. The third-order valence-corrected chi connectivity index (χ3v) is 7.55. The minimum atomic E-state index is -0.295. The molecule has 1 unspecified atom stereocenters. The van der Waals surface area contributed by atoms with Crippen molar-refractivity contribution in [3.63, 3.8) is 0 Å². The van der Waals surface area contributed by atoms with Gasteiger partial charge < -0.3 is 15.1 Å². The van der Waals surface area contributed by atoms with Gasteiger partial charge in [0.25, 0.3) is 11.8 Å². The molecule has 1 N–H and O–H groups in total. The first-order valence-corrected chi connectivity index (χ1v) is 13.6. The lowest BCUT2D eigenvalue weighted by Gasteiger charge is -2.33. The Labute approximate surface area is 247 Å². The molecule has 39 heavy (non-hydrogen) atoms. The summed E-state index contributed by atoms with van der Waals surface area (Å²) in [4.78, 5) is 31.1. The van der Waals surface area contributed by atoms with Gasteiger partial charge in [-0.2, -0.15) is 0 Å². The normalized spacial score (nSPS) is 14.7. The first-order chi connectivity index (χ1) is 18.3. The lowest BCUT2D eigenvalue weighted by atomic mass is 10.0. The number of aryl methyl sites for hydroxylation is 2. The number of rotatable bonds is 8. The summed E-state index contributed by atoms with van der Waals surface area (Å²) in [7, 11) is 2.07. The van der Waals surface area contributed by atoms with Crippen LogP contribution in [0.2, 0.25) is 10.0 Å². The first kappa shape index (κ1) is 30.7. The van der Waals surface area contributed by atoms with Crippen molar-refractivity contribution in [2.24, 2.45) is 0 Å². The molecule has 2 amide bonds. The Kier molecular flexibility index (Phi) is 11.0. The van der Waals surface area contributed by atoms with Gasteiger partial charge in [-0.05, 0) is 99.3 Å². The molecule has 206 valence electrons. The minimum Gasteiger partial charge on any atom is -0.322 e. The molecule has 0 aliphatic carbocycles. The number of likely N-dealkylation sites (N-methyl/N-ethyl adjacent to an activating group) is 1. The van der Waals surface area contributed by atoms with E-state index in [2.05, 4.69) is 23.8 Å². The fraction of sp³-hybridized carbons (Fsp3) is 0.290. The highest BCUT2D eigenvalue weighted by atomic mass is 35.5. The van der Waals surface area contributed by atoms with E-state index >= 15 is 0 Å². The Balaban J connectivity index is 0.00000420.